The second kappa shape index (κ2) is 13.2. The van der Waals surface area contributed by atoms with Gasteiger partial charge >= 0.3 is 17.9 Å². The minimum Gasteiger partial charge on any atom is -0.480 e. The number of aliphatic hydroxyl groups excluding tert-OH is 1. The van der Waals surface area contributed by atoms with Gasteiger partial charge < -0.3 is 42.9 Å². The number of hydrogen-bond donors (Lipinski definition) is 8. The molecule has 1 aliphatic rings. The number of carboxylic acid groups (broad SMARTS) is 3. The first kappa shape index (κ1) is 24.0. The minimum absolute atomic E-state index is 0.0213. The number of nitrogens with two attached hydrogens (primary N) is 3. The van der Waals surface area contributed by atoms with E-state index in [1.54, 1.807) is 0 Å². The number of nitrogens with one attached hydrogen (secondary N) is 1. The van der Waals surface area contributed by atoms with Crippen LogP contribution < -0.4 is 22.5 Å². The maximum absolute atomic E-state index is 10.2. The second-order valence-electron chi connectivity index (χ2n) is 4.74. The van der Waals surface area contributed by atoms with E-state index in [-0.39, 0.29) is 19.4 Å². The molecule has 12 nitrogen and oxygen atoms in total. The largest absolute Gasteiger partial charge is 0.480 e. The van der Waals surface area contributed by atoms with Crippen LogP contribution in [0, 0.1) is 0 Å². The molecule has 1 amide bonds. The summed E-state index contributed by atoms with van der Waals surface area (Å²) in [5.41, 5.74) is 14.4. The van der Waals surface area contributed by atoms with Crippen molar-refractivity contribution in [1.82, 2.24) is 5.32 Å². The van der Waals surface area contributed by atoms with Gasteiger partial charge in [0.05, 0.1) is 12.6 Å². The molecule has 1 unspecified atom stereocenters. The van der Waals surface area contributed by atoms with Crippen molar-refractivity contribution in [2.24, 2.45) is 17.2 Å². The molecule has 1 fully saturated rings. The molecular formula is C12H24N4O8. The number of carbonyl (C=O) groups is 4. The molecule has 0 aromatic rings. The number of aliphatic hydroxyl groups is 1. The molecule has 0 aromatic heterocycles. The fourth-order valence-corrected chi connectivity index (χ4v) is 1.33. The molecule has 12 heteroatoms. The molecule has 0 saturated carbocycles. The van der Waals surface area contributed by atoms with Gasteiger partial charge in [0, 0.05) is 19.4 Å². The Morgan fingerprint density at radius 1 is 1.17 bits per heavy atom. The smallest absolute Gasteiger partial charge is 0.320 e. The Morgan fingerprint density at radius 2 is 1.67 bits per heavy atom. The summed E-state index contributed by atoms with van der Waals surface area (Å²) in [6.45, 7) is 0.122. The fourth-order valence-electron chi connectivity index (χ4n) is 1.33. The van der Waals surface area contributed by atoms with Crippen molar-refractivity contribution in [3.63, 3.8) is 0 Å². The van der Waals surface area contributed by atoms with Crippen LogP contribution in [0.25, 0.3) is 0 Å². The summed E-state index contributed by atoms with van der Waals surface area (Å²) in [5.74, 6) is -3.49. The first-order valence-electron chi connectivity index (χ1n) is 6.84. The highest BCUT2D eigenvalue weighted by Gasteiger charge is 2.27. The van der Waals surface area contributed by atoms with Crippen LogP contribution in [-0.4, -0.2) is 75.5 Å². The fraction of sp³-hybridized carbons (Fsp3) is 0.667. The predicted molar refractivity (Wildman–Crippen MR) is 80.8 cm³/mol. The zero-order chi connectivity index (χ0) is 19.3. The van der Waals surface area contributed by atoms with Crippen LogP contribution in [0.15, 0.2) is 0 Å². The van der Waals surface area contributed by atoms with Gasteiger partial charge in [-0.3, -0.25) is 19.2 Å². The predicted octanol–water partition coefficient (Wildman–Crippen LogP) is -3.51. The van der Waals surface area contributed by atoms with Crippen molar-refractivity contribution in [2.45, 2.75) is 37.5 Å². The normalized spacial score (nSPS) is 19.8. The molecule has 1 aliphatic heterocycles. The van der Waals surface area contributed by atoms with E-state index in [0.29, 0.717) is 13.0 Å². The third kappa shape index (κ3) is 14.6. The molecule has 3 atom stereocenters. The number of β-amino-alcohol motifs (C(OH)–C–C–N with tert-alkyl or cyclic N) is 1. The molecule has 0 radical (unpaired) electrons. The highest BCUT2D eigenvalue weighted by Crippen LogP contribution is 2.05. The lowest BCUT2D eigenvalue weighted by Crippen LogP contribution is -2.31. The molecule has 1 saturated heterocycles. The first-order chi connectivity index (χ1) is 11.0. The van der Waals surface area contributed by atoms with Crippen molar-refractivity contribution in [3.05, 3.63) is 0 Å². The van der Waals surface area contributed by atoms with Gasteiger partial charge in [-0.1, -0.05) is 0 Å². The average Bonchev–Trinajstić information content (AvgIpc) is 2.92. The van der Waals surface area contributed by atoms with Gasteiger partial charge in [0.1, 0.15) is 12.1 Å². The van der Waals surface area contributed by atoms with Crippen LogP contribution in [0.1, 0.15) is 19.3 Å². The van der Waals surface area contributed by atoms with Crippen LogP contribution in [0.4, 0.5) is 0 Å². The van der Waals surface area contributed by atoms with Crippen LogP contribution >= 0.6 is 0 Å². The number of amides is 1. The molecule has 1 rings (SSSR count). The van der Waals surface area contributed by atoms with Crippen molar-refractivity contribution >= 4 is 23.8 Å². The summed E-state index contributed by atoms with van der Waals surface area (Å²) in [5, 5.41) is 35.7. The molecule has 0 aliphatic carbocycles. The Labute approximate surface area is 137 Å². The summed E-state index contributed by atoms with van der Waals surface area (Å²) in [4.78, 5) is 39.6. The summed E-state index contributed by atoms with van der Waals surface area (Å²) in [7, 11) is 0. The van der Waals surface area contributed by atoms with Crippen molar-refractivity contribution in [3.8, 4) is 0 Å². The van der Waals surface area contributed by atoms with Gasteiger partial charge in [-0.25, -0.2) is 0 Å². The molecule has 24 heavy (non-hydrogen) atoms. The zero-order valence-electron chi connectivity index (χ0n) is 12.9. The minimum atomic E-state index is -1.11. The number of rotatable bonds is 6. The number of carbonyl (C=O) groups excluding carboxylic acids is 1. The average molecular weight is 352 g/mol. The van der Waals surface area contributed by atoms with Crippen molar-refractivity contribution in [1.29, 1.82) is 0 Å². The monoisotopic (exact) mass is 352 g/mol. The van der Waals surface area contributed by atoms with E-state index in [1.807, 2.05) is 0 Å². The van der Waals surface area contributed by atoms with E-state index in [1.165, 1.54) is 0 Å². The number of primary amides is 1. The lowest BCUT2D eigenvalue weighted by Gasteiger charge is -2.01. The van der Waals surface area contributed by atoms with Gasteiger partial charge in [0.25, 0.3) is 0 Å². The molecule has 0 aromatic carbocycles. The Bertz CT molecular complexity index is 431. The lowest BCUT2D eigenvalue weighted by atomic mass is 10.2. The van der Waals surface area contributed by atoms with Crippen LogP contribution in [-0.2, 0) is 19.2 Å². The quantitative estimate of drug-likeness (QED) is 0.233. The van der Waals surface area contributed by atoms with Gasteiger partial charge in [-0.05, 0) is 6.42 Å². The summed E-state index contributed by atoms with van der Waals surface area (Å²) >= 11 is 0. The van der Waals surface area contributed by atoms with E-state index < -0.39 is 42.0 Å². The molecule has 1 heterocycles. The summed E-state index contributed by atoms with van der Waals surface area (Å²) in [6, 6.07) is -1.52. The topological polar surface area (TPSA) is 239 Å². The molecule has 0 bridgehead atoms. The van der Waals surface area contributed by atoms with Crippen LogP contribution in [0.2, 0.25) is 0 Å². The highest BCUT2D eigenvalue weighted by atomic mass is 16.4. The Hall–Kier alpha value is -2.28. The van der Waals surface area contributed by atoms with Crippen molar-refractivity contribution in [2.75, 3.05) is 13.1 Å². The maximum Gasteiger partial charge on any atom is 0.320 e. The van der Waals surface area contributed by atoms with Gasteiger partial charge in [0.2, 0.25) is 5.91 Å². The molecule has 11 N–H and O–H groups in total. The van der Waals surface area contributed by atoms with Gasteiger partial charge in [-0.2, -0.15) is 0 Å². The maximum atomic E-state index is 10.2. The third-order valence-corrected chi connectivity index (χ3v) is 2.60. The van der Waals surface area contributed by atoms with Crippen molar-refractivity contribution < 1.29 is 39.6 Å². The first-order valence-corrected chi connectivity index (χ1v) is 6.84. The Morgan fingerprint density at radius 3 is 1.88 bits per heavy atom. The van der Waals surface area contributed by atoms with E-state index in [9.17, 15) is 19.2 Å². The van der Waals surface area contributed by atoms with E-state index in [4.69, 9.17) is 31.9 Å². The lowest BCUT2D eigenvalue weighted by molar-refractivity contribution is -0.140. The van der Waals surface area contributed by atoms with Gasteiger partial charge in [-0.15, -0.1) is 0 Å². The van der Waals surface area contributed by atoms with E-state index in [2.05, 4.69) is 11.1 Å². The Balaban J connectivity index is 0. The summed E-state index contributed by atoms with van der Waals surface area (Å²) in [6.07, 6.45) is -0.0286. The Kier molecular flexibility index (Phi) is 13.2. The molecule has 0 spiro atoms. The second-order valence-corrected chi connectivity index (χ2v) is 4.74. The number of carboxylic acids is 3. The van der Waals surface area contributed by atoms with Gasteiger partial charge in [0.15, 0.2) is 0 Å². The highest BCUT2D eigenvalue weighted by molar-refractivity contribution is 5.77. The van der Waals surface area contributed by atoms with Crippen LogP contribution in [0.5, 0.6) is 0 Å². The SMILES string of the molecule is NC(=O)CCC(N)C(=O)O.NCC(=O)O.O=C(O)[C@@H]1C[C@@H](O)CN1. The van der Waals surface area contributed by atoms with Crippen LogP contribution in [0.3, 0.4) is 0 Å². The molecule has 140 valence electrons. The molecular weight excluding hydrogens is 328 g/mol. The number of aliphatic carboxylic acids is 3. The third-order valence-electron chi connectivity index (χ3n) is 2.60. The zero-order valence-corrected chi connectivity index (χ0v) is 12.9. The standard InChI is InChI=1S/C5H10N2O3.C5H9NO3.C2H5NO2/c6-3(5(9)10)1-2-4(7)8;7-3-1-4(5(8)9)6-2-3;3-1-2(4)5/h3H,1-2,6H2,(H2,7,8)(H,9,10);3-4,6-7H,1-2H2,(H,8,9);1,3H2,(H,4,5)/t;3-,4+;/m.1./s1. The summed E-state index contributed by atoms with van der Waals surface area (Å²) < 4.78 is 0. The van der Waals surface area contributed by atoms with E-state index >= 15 is 0 Å². The number of hydrogen-bond acceptors (Lipinski definition) is 8. The van der Waals surface area contributed by atoms with E-state index in [0.717, 1.165) is 0 Å².